The monoisotopic (exact) mass is 419 g/mol. The van der Waals surface area contributed by atoms with Crippen molar-refractivity contribution in [1.29, 1.82) is 0 Å². The minimum atomic E-state index is -0.745. The molecule has 2 N–H and O–H groups in total. The average molecular weight is 420 g/mol. The Morgan fingerprint density at radius 2 is 1.73 bits per heavy atom. The van der Waals surface area contributed by atoms with Crippen LogP contribution < -0.4 is 10.6 Å². The standard InChI is InChI=1S/C22H33N3O5/c1-21(2,14-22(3,4)25-17(26)12-13-18(25)27)24-19(28)15-8-6-7-9-16(11-10-15)30-20(29)23-5/h7,9,12-13,15-16H,6,8,10-11,14H2,1-5H3,(H,23,29)(H,24,28)/b9-7+/t15-,16?/m1/s1. The fourth-order valence-corrected chi connectivity index (χ4v) is 4.35. The molecule has 2 atom stereocenters. The summed E-state index contributed by atoms with van der Waals surface area (Å²) >= 11 is 0. The fraction of sp³-hybridized carbons (Fsp3) is 0.636. The summed E-state index contributed by atoms with van der Waals surface area (Å²) in [5.74, 6) is -0.936. The third-order valence-electron chi connectivity index (χ3n) is 5.42. The van der Waals surface area contributed by atoms with Crippen molar-refractivity contribution in [3.8, 4) is 0 Å². The van der Waals surface area contributed by atoms with Crippen molar-refractivity contribution in [2.24, 2.45) is 5.92 Å². The summed E-state index contributed by atoms with van der Waals surface area (Å²) in [7, 11) is 1.51. The zero-order chi connectivity index (χ0) is 22.5. The molecule has 0 aromatic heterocycles. The Morgan fingerprint density at radius 1 is 1.10 bits per heavy atom. The maximum atomic E-state index is 13.0. The lowest BCUT2D eigenvalue weighted by Crippen LogP contribution is -2.56. The van der Waals surface area contributed by atoms with Crippen molar-refractivity contribution in [3.05, 3.63) is 24.3 Å². The molecule has 2 aliphatic rings. The number of imide groups is 1. The molecule has 0 bridgehead atoms. The number of carbonyl (C=O) groups is 4. The Bertz CT molecular complexity index is 736. The lowest BCUT2D eigenvalue weighted by atomic mass is 9.84. The van der Waals surface area contributed by atoms with Crippen LogP contribution in [0.4, 0.5) is 4.79 Å². The van der Waals surface area contributed by atoms with Gasteiger partial charge in [-0.15, -0.1) is 0 Å². The Morgan fingerprint density at radius 3 is 2.33 bits per heavy atom. The zero-order valence-electron chi connectivity index (χ0n) is 18.5. The summed E-state index contributed by atoms with van der Waals surface area (Å²) in [4.78, 5) is 49.8. The van der Waals surface area contributed by atoms with Crippen LogP contribution in [-0.4, -0.2) is 52.9 Å². The molecule has 0 saturated carbocycles. The van der Waals surface area contributed by atoms with Gasteiger partial charge in [0.2, 0.25) is 5.91 Å². The van der Waals surface area contributed by atoms with Crippen LogP contribution in [0, 0.1) is 5.92 Å². The molecule has 8 nitrogen and oxygen atoms in total. The van der Waals surface area contributed by atoms with Crippen LogP contribution in [0.15, 0.2) is 24.3 Å². The van der Waals surface area contributed by atoms with Crippen molar-refractivity contribution >= 4 is 23.8 Å². The predicted octanol–water partition coefficient (Wildman–Crippen LogP) is 2.45. The predicted molar refractivity (Wildman–Crippen MR) is 112 cm³/mol. The van der Waals surface area contributed by atoms with Gasteiger partial charge in [0.15, 0.2) is 0 Å². The van der Waals surface area contributed by atoms with Gasteiger partial charge in [0.05, 0.1) is 0 Å². The first-order chi connectivity index (χ1) is 13.9. The lowest BCUT2D eigenvalue weighted by molar-refractivity contribution is -0.143. The van der Waals surface area contributed by atoms with Crippen molar-refractivity contribution in [2.45, 2.75) is 77.0 Å². The topological polar surface area (TPSA) is 105 Å². The van der Waals surface area contributed by atoms with Gasteiger partial charge < -0.3 is 15.4 Å². The SMILES string of the molecule is CNC(=O)OC1/C=C/CC[C@@H](C(=O)NC(C)(C)CC(C)(C)N2C(=O)C=CC2=O)CC1. The Kier molecular flexibility index (Phi) is 7.44. The van der Waals surface area contributed by atoms with Crippen molar-refractivity contribution < 1.29 is 23.9 Å². The molecule has 0 aromatic rings. The van der Waals surface area contributed by atoms with E-state index in [0.717, 1.165) is 6.42 Å². The molecule has 1 aliphatic carbocycles. The normalized spacial score (nSPS) is 23.6. The summed E-state index contributed by atoms with van der Waals surface area (Å²) in [5.41, 5.74) is -1.37. The average Bonchev–Trinajstić information content (AvgIpc) is 2.95. The smallest absolute Gasteiger partial charge is 0.407 e. The molecule has 0 fully saturated rings. The van der Waals surface area contributed by atoms with Crippen LogP contribution in [0.2, 0.25) is 0 Å². The maximum absolute atomic E-state index is 13.0. The number of amides is 4. The van der Waals surface area contributed by atoms with Gasteiger partial charge in [-0.3, -0.25) is 19.3 Å². The van der Waals surface area contributed by atoms with E-state index in [2.05, 4.69) is 10.6 Å². The molecule has 1 heterocycles. The van der Waals surface area contributed by atoms with Gasteiger partial charge in [0.25, 0.3) is 11.8 Å². The van der Waals surface area contributed by atoms with Crippen LogP contribution in [0.3, 0.4) is 0 Å². The number of rotatable bonds is 6. The number of ether oxygens (including phenoxy) is 1. The minimum Gasteiger partial charge on any atom is -0.442 e. The van der Waals surface area contributed by atoms with E-state index in [9.17, 15) is 19.2 Å². The zero-order valence-corrected chi connectivity index (χ0v) is 18.5. The summed E-state index contributed by atoms with van der Waals surface area (Å²) in [5, 5.41) is 5.53. The second-order valence-electron chi connectivity index (χ2n) is 9.18. The third kappa shape index (κ3) is 6.18. The summed E-state index contributed by atoms with van der Waals surface area (Å²) in [6.45, 7) is 7.44. The lowest BCUT2D eigenvalue weighted by Gasteiger charge is -2.41. The van der Waals surface area contributed by atoms with Gasteiger partial charge in [0.1, 0.15) is 6.10 Å². The van der Waals surface area contributed by atoms with Gasteiger partial charge in [-0.2, -0.15) is 0 Å². The molecule has 0 saturated heterocycles. The number of nitrogens with zero attached hydrogens (tertiary/aromatic N) is 1. The molecular formula is C22H33N3O5. The number of allylic oxidation sites excluding steroid dienone is 1. The van der Waals surface area contributed by atoms with Crippen LogP contribution in [0.25, 0.3) is 0 Å². The molecule has 0 spiro atoms. The number of hydrogen-bond acceptors (Lipinski definition) is 5. The van der Waals surface area contributed by atoms with E-state index < -0.39 is 17.2 Å². The molecule has 1 aliphatic heterocycles. The quantitative estimate of drug-likeness (QED) is 0.508. The number of alkyl carbamates (subject to hydrolysis) is 1. The second kappa shape index (κ2) is 9.45. The maximum Gasteiger partial charge on any atom is 0.407 e. The van der Waals surface area contributed by atoms with Gasteiger partial charge in [-0.25, -0.2) is 4.79 Å². The van der Waals surface area contributed by atoms with Crippen molar-refractivity contribution in [3.63, 3.8) is 0 Å². The first-order valence-corrected chi connectivity index (χ1v) is 10.4. The summed E-state index contributed by atoms with van der Waals surface area (Å²) in [6, 6.07) is 0. The molecule has 8 heteroatoms. The minimum absolute atomic E-state index is 0.0676. The van der Waals surface area contributed by atoms with E-state index in [1.54, 1.807) is 0 Å². The second-order valence-corrected chi connectivity index (χ2v) is 9.18. The molecule has 0 radical (unpaired) electrons. The Labute approximate surface area is 178 Å². The van der Waals surface area contributed by atoms with Crippen LogP contribution in [-0.2, 0) is 19.1 Å². The number of carbonyl (C=O) groups excluding carboxylic acids is 4. The van der Waals surface area contributed by atoms with Gasteiger partial charge in [-0.1, -0.05) is 6.08 Å². The Balaban J connectivity index is 1.98. The molecule has 30 heavy (non-hydrogen) atoms. The Hall–Kier alpha value is -2.64. The van der Waals surface area contributed by atoms with Gasteiger partial charge >= 0.3 is 6.09 Å². The van der Waals surface area contributed by atoms with E-state index in [1.807, 2.05) is 39.8 Å². The highest BCUT2D eigenvalue weighted by molar-refractivity contribution is 6.13. The first-order valence-electron chi connectivity index (χ1n) is 10.4. The van der Waals surface area contributed by atoms with E-state index in [1.165, 1.54) is 24.1 Å². The van der Waals surface area contributed by atoms with Crippen molar-refractivity contribution in [1.82, 2.24) is 15.5 Å². The molecule has 4 amide bonds. The fourth-order valence-electron chi connectivity index (χ4n) is 4.35. The van der Waals surface area contributed by atoms with E-state index >= 15 is 0 Å². The van der Waals surface area contributed by atoms with Crippen LogP contribution >= 0.6 is 0 Å². The summed E-state index contributed by atoms with van der Waals surface area (Å²) < 4.78 is 5.30. The first kappa shape index (κ1) is 23.6. The van der Waals surface area contributed by atoms with E-state index in [-0.39, 0.29) is 29.7 Å². The summed E-state index contributed by atoms with van der Waals surface area (Å²) in [6.07, 6.45) is 8.53. The van der Waals surface area contributed by atoms with Gasteiger partial charge in [0, 0.05) is 36.2 Å². The molecular weight excluding hydrogens is 386 g/mol. The molecule has 1 unspecified atom stereocenters. The van der Waals surface area contributed by atoms with Crippen LogP contribution in [0.1, 0.15) is 59.8 Å². The number of hydrogen-bond donors (Lipinski definition) is 2. The van der Waals surface area contributed by atoms with Crippen molar-refractivity contribution in [2.75, 3.05) is 7.05 Å². The number of nitrogens with one attached hydrogen (secondary N) is 2. The van der Waals surface area contributed by atoms with Crippen LogP contribution in [0.5, 0.6) is 0 Å². The van der Waals surface area contributed by atoms with Gasteiger partial charge in [-0.05, 0) is 65.9 Å². The molecule has 2 rings (SSSR count). The van der Waals surface area contributed by atoms with E-state index in [4.69, 9.17) is 4.74 Å². The highest BCUT2D eigenvalue weighted by Crippen LogP contribution is 2.30. The molecule has 0 aromatic carbocycles. The highest BCUT2D eigenvalue weighted by atomic mass is 16.6. The largest absolute Gasteiger partial charge is 0.442 e. The molecule has 166 valence electrons. The highest BCUT2D eigenvalue weighted by Gasteiger charge is 2.41. The third-order valence-corrected chi connectivity index (χ3v) is 5.42. The van der Waals surface area contributed by atoms with E-state index in [0.29, 0.717) is 25.7 Å².